The molecule has 1 aromatic carbocycles. The van der Waals surface area contributed by atoms with Crippen LogP contribution in [0.15, 0.2) is 53.0 Å². The lowest BCUT2D eigenvalue weighted by molar-refractivity contribution is 0.374. The molecular formula is C16H20NO5P. The van der Waals surface area contributed by atoms with Crippen molar-refractivity contribution in [2.75, 3.05) is 0 Å². The van der Waals surface area contributed by atoms with Gasteiger partial charge in [0.2, 0.25) is 0 Å². The van der Waals surface area contributed by atoms with Gasteiger partial charge in [0.15, 0.2) is 0 Å². The molecule has 1 aromatic rings. The van der Waals surface area contributed by atoms with Gasteiger partial charge in [0, 0.05) is 5.92 Å². The van der Waals surface area contributed by atoms with Crippen LogP contribution in [0.3, 0.4) is 0 Å². The van der Waals surface area contributed by atoms with Crippen LogP contribution >= 0.6 is 7.75 Å². The molecule has 1 aliphatic rings. The Morgan fingerprint density at radius 2 is 2.00 bits per heavy atom. The Morgan fingerprint density at radius 3 is 2.61 bits per heavy atom. The number of allylic oxidation sites excluding steroid dienone is 3. The third kappa shape index (κ3) is 5.06. The minimum absolute atomic E-state index is 0.0467. The number of aliphatic hydroxyl groups is 1. The van der Waals surface area contributed by atoms with E-state index in [1.54, 1.807) is 24.3 Å². The lowest BCUT2D eigenvalue weighted by Crippen LogP contribution is -2.17. The molecule has 0 aromatic heterocycles. The SMILES string of the molecule is CCC(CC1C=C(O)C=CC1=NP(=O)(O)O)c1cccc(O)c1. The molecule has 0 fully saturated rings. The predicted molar refractivity (Wildman–Crippen MR) is 88.6 cm³/mol. The summed E-state index contributed by atoms with van der Waals surface area (Å²) in [5.41, 5.74) is 1.18. The molecule has 0 amide bonds. The zero-order valence-electron chi connectivity index (χ0n) is 12.7. The number of nitrogens with zero attached hydrogens (tertiary/aromatic N) is 1. The third-order valence-electron chi connectivity index (χ3n) is 3.80. The average Bonchev–Trinajstić information content (AvgIpc) is 2.46. The summed E-state index contributed by atoms with van der Waals surface area (Å²) in [6.07, 6.45) is 5.63. The monoisotopic (exact) mass is 337 g/mol. The highest BCUT2D eigenvalue weighted by Gasteiger charge is 2.24. The Kier molecular flexibility index (Phi) is 5.42. The molecule has 0 bridgehead atoms. The van der Waals surface area contributed by atoms with Gasteiger partial charge in [-0.3, -0.25) is 0 Å². The molecule has 2 rings (SSSR count). The molecule has 2 unspecified atom stereocenters. The summed E-state index contributed by atoms with van der Waals surface area (Å²) in [4.78, 5) is 18.1. The summed E-state index contributed by atoms with van der Waals surface area (Å²) in [6, 6.07) is 6.92. The van der Waals surface area contributed by atoms with Gasteiger partial charge in [-0.25, -0.2) is 4.57 Å². The lowest BCUT2D eigenvalue weighted by atomic mass is 9.83. The van der Waals surface area contributed by atoms with Gasteiger partial charge in [0.05, 0.1) is 5.71 Å². The molecule has 7 heteroatoms. The van der Waals surface area contributed by atoms with E-state index >= 15 is 0 Å². The summed E-state index contributed by atoms with van der Waals surface area (Å²) in [5, 5.41) is 19.3. The van der Waals surface area contributed by atoms with Crippen LogP contribution in [0, 0.1) is 5.92 Å². The first-order valence-corrected chi connectivity index (χ1v) is 8.88. The predicted octanol–water partition coefficient (Wildman–Crippen LogP) is 3.44. The van der Waals surface area contributed by atoms with E-state index in [0.29, 0.717) is 6.42 Å². The Labute approximate surface area is 134 Å². The maximum absolute atomic E-state index is 11.2. The molecule has 0 saturated carbocycles. The zero-order valence-corrected chi connectivity index (χ0v) is 13.6. The van der Waals surface area contributed by atoms with Crippen molar-refractivity contribution in [2.24, 2.45) is 10.7 Å². The second-order valence-corrected chi connectivity index (χ2v) is 6.73. The van der Waals surface area contributed by atoms with E-state index in [1.165, 1.54) is 12.2 Å². The van der Waals surface area contributed by atoms with E-state index in [1.807, 2.05) is 13.0 Å². The fourth-order valence-corrected chi connectivity index (χ4v) is 3.23. The summed E-state index contributed by atoms with van der Waals surface area (Å²) < 4.78 is 14.6. The van der Waals surface area contributed by atoms with Crippen LogP contribution in [0.25, 0.3) is 0 Å². The van der Waals surface area contributed by atoms with Crippen molar-refractivity contribution in [3.63, 3.8) is 0 Å². The number of hydrogen-bond acceptors (Lipinski definition) is 3. The molecule has 6 nitrogen and oxygen atoms in total. The van der Waals surface area contributed by atoms with Gasteiger partial charge in [-0.2, -0.15) is 4.76 Å². The van der Waals surface area contributed by atoms with Crippen molar-refractivity contribution in [3.05, 3.63) is 53.8 Å². The van der Waals surface area contributed by atoms with Crippen LogP contribution in [0.5, 0.6) is 5.75 Å². The lowest BCUT2D eigenvalue weighted by Gasteiger charge is -2.23. The van der Waals surface area contributed by atoms with Gasteiger partial charge in [0.1, 0.15) is 11.5 Å². The van der Waals surface area contributed by atoms with Gasteiger partial charge in [0.25, 0.3) is 0 Å². The number of hydrogen-bond donors (Lipinski definition) is 4. The second kappa shape index (κ2) is 7.13. The molecule has 1 aliphatic carbocycles. The van der Waals surface area contributed by atoms with Crippen LogP contribution in [0.4, 0.5) is 0 Å². The van der Waals surface area contributed by atoms with Gasteiger partial charge in [-0.1, -0.05) is 19.1 Å². The Bertz CT molecular complexity index is 704. The quantitative estimate of drug-likeness (QED) is 0.615. The topological polar surface area (TPSA) is 110 Å². The summed E-state index contributed by atoms with van der Waals surface area (Å²) in [6.45, 7) is 2.00. The minimum atomic E-state index is -4.54. The van der Waals surface area contributed by atoms with Crippen molar-refractivity contribution >= 4 is 13.5 Å². The number of aliphatic hydroxyl groups excluding tert-OH is 1. The first kappa shape index (κ1) is 17.5. The highest BCUT2D eigenvalue weighted by molar-refractivity contribution is 7.50. The number of aromatic hydroxyl groups is 1. The fraction of sp³-hybridized carbons (Fsp3) is 0.312. The molecule has 0 heterocycles. The molecule has 2 atom stereocenters. The molecule has 4 N–H and O–H groups in total. The Hall–Kier alpha value is -1.88. The molecule has 0 aliphatic heterocycles. The van der Waals surface area contributed by atoms with Crippen molar-refractivity contribution in [1.82, 2.24) is 0 Å². The second-order valence-electron chi connectivity index (χ2n) is 5.51. The maximum Gasteiger partial charge on any atom is 0.448 e. The highest BCUT2D eigenvalue weighted by Crippen LogP contribution is 2.39. The number of phenolic OH excluding ortho intramolecular Hbond substituents is 1. The van der Waals surface area contributed by atoms with E-state index in [0.717, 1.165) is 12.0 Å². The highest BCUT2D eigenvalue weighted by atomic mass is 31.2. The Balaban J connectivity index is 2.28. The van der Waals surface area contributed by atoms with Crippen LogP contribution in [-0.4, -0.2) is 25.7 Å². The number of phenols is 1. The van der Waals surface area contributed by atoms with Gasteiger partial charge >= 0.3 is 7.75 Å². The molecule has 0 saturated heterocycles. The van der Waals surface area contributed by atoms with Crippen molar-refractivity contribution in [3.8, 4) is 5.75 Å². The fourth-order valence-electron chi connectivity index (χ4n) is 2.71. The average molecular weight is 337 g/mol. The molecule has 0 radical (unpaired) electrons. The zero-order chi connectivity index (χ0) is 17.0. The largest absolute Gasteiger partial charge is 0.508 e. The van der Waals surface area contributed by atoms with E-state index < -0.39 is 13.7 Å². The van der Waals surface area contributed by atoms with E-state index in [4.69, 9.17) is 9.79 Å². The van der Waals surface area contributed by atoms with Crippen LogP contribution < -0.4 is 0 Å². The van der Waals surface area contributed by atoms with Crippen molar-refractivity contribution in [2.45, 2.75) is 25.7 Å². The van der Waals surface area contributed by atoms with Crippen LogP contribution in [0.1, 0.15) is 31.2 Å². The number of rotatable bonds is 5. The van der Waals surface area contributed by atoms with Gasteiger partial charge in [-0.15, -0.1) is 0 Å². The van der Waals surface area contributed by atoms with Gasteiger partial charge in [-0.05, 0) is 54.7 Å². The van der Waals surface area contributed by atoms with Crippen molar-refractivity contribution in [1.29, 1.82) is 0 Å². The molecule has 0 spiro atoms. The summed E-state index contributed by atoms with van der Waals surface area (Å²) in [7, 11) is -4.54. The van der Waals surface area contributed by atoms with Crippen LogP contribution in [-0.2, 0) is 4.57 Å². The number of benzene rings is 1. The van der Waals surface area contributed by atoms with Crippen LogP contribution in [0.2, 0.25) is 0 Å². The first-order chi connectivity index (χ1) is 10.8. The van der Waals surface area contributed by atoms with E-state index in [2.05, 4.69) is 4.76 Å². The summed E-state index contributed by atoms with van der Waals surface area (Å²) in [5.74, 6) is -0.123. The van der Waals surface area contributed by atoms with Gasteiger partial charge < -0.3 is 20.0 Å². The normalized spacial score (nSPS) is 21.3. The van der Waals surface area contributed by atoms with Crippen molar-refractivity contribution < 1.29 is 24.6 Å². The smallest absolute Gasteiger partial charge is 0.448 e. The molecule has 23 heavy (non-hydrogen) atoms. The Morgan fingerprint density at radius 1 is 1.26 bits per heavy atom. The van der Waals surface area contributed by atoms with E-state index in [9.17, 15) is 14.8 Å². The molecule has 124 valence electrons. The molecular weight excluding hydrogens is 317 g/mol. The minimum Gasteiger partial charge on any atom is -0.508 e. The van der Waals surface area contributed by atoms with E-state index in [-0.39, 0.29) is 23.1 Å². The standard InChI is InChI=1S/C16H20NO5P/c1-2-11(12-4-3-5-14(18)9-12)8-13-10-15(19)6-7-16(13)17-23(20,21)22/h3-7,9-11,13,18-19H,2,8H2,1H3,(H2,20,21,22). The first-order valence-electron chi connectivity index (χ1n) is 7.32. The maximum atomic E-state index is 11.2. The third-order valence-corrected chi connectivity index (χ3v) is 4.29. The summed E-state index contributed by atoms with van der Waals surface area (Å²) >= 11 is 0.